The van der Waals surface area contributed by atoms with Crippen LogP contribution >= 0.6 is 0 Å². The zero-order valence-corrected chi connectivity index (χ0v) is 15.1. The number of hydrogen-bond acceptors (Lipinski definition) is 5. The third-order valence-corrected chi connectivity index (χ3v) is 6.28. The van der Waals surface area contributed by atoms with Crippen molar-refractivity contribution in [3.63, 3.8) is 0 Å². The minimum Gasteiger partial charge on any atom is -0.497 e. The topological polar surface area (TPSA) is 65.8 Å². The second-order valence-corrected chi connectivity index (χ2v) is 7.59. The van der Waals surface area contributed by atoms with Gasteiger partial charge in [0.1, 0.15) is 17.5 Å². The maximum atomic E-state index is 14.0. The standard InChI is InChI=1S/C20H25FN2O3/c1-12(21)20(25)11-23-8-6-13(20)9-18(23)19(24)15-5-7-22-17-4-3-14(26-2)10-16(15)17/h3-5,7,10,12-13,18-19,24-25H,6,8-9,11H2,1-2H3/t12?,13-,18-,19-,20+/m0/s1. The Morgan fingerprint density at radius 3 is 2.85 bits per heavy atom. The van der Waals surface area contributed by atoms with Gasteiger partial charge in [0.15, 0.2) is 0 Å². The van der Waals surface area contributed by atoms with Crippen molar-refractivity contribution in [1.29, 1.82) is 0 Å². The molecule has 4 heterocycles. The molecule has 0 aliphatic carbocycles. The van der Waals surface area contributed by atoms with Gasteiger partial charge in [-0.15, -0.1) is 0 Å². The Balaban J connectivity index is 1.67. The summed E-state index contributed by atoms with van der Waals surface area (Å²) in [6, 6.07) is 7.31. The summed E-state index contributed by atoms with van der Waals surface area (Å²) in [6.07, 6.45) is 1.04. The molecule has 0 radical (unpaired) electrons. The number of aromatic nitrogens is 1. The van der Waals surface area contributed by atoms with Gasteiger partial charge in [0.25, 0.3) is 0 Å². The molecule has 6 atom stereocenters. The first-order valence-corrected chi connectivity index (χ1v) is 9.15. The van der Waals surface area contributed by atoms with Crippen molar-refractivity contribution in [1.82, 2.24) is 9.88 Å². The lowest BCUT2D eigenvalue weighted by Crippen LogP contribution is -2.66. The predicted molar refractivity (Wildman–Crippen MR) is 96.9 cm³/mol. The van der Waals surface area contributed by atoms with Crippen molar-refractivity contribution in [3.05, 3.63) is 36.0 Å². The first-order chi connectivity index (χ1) is 12.4. The summed E-state index contributed by atoms with van der Waals surface area (Å²) in [4.78, 5) is 6.40. The van der Waals surface area contributed by atoms with Crippen LogP contribution in [0.1, 0.15) is 31.4 Å². The van der Waals surface area contributed by atoms with Crippen molar-refractivity contribution in [3.8, 4) is 5.75 Å². The highest BCUT2D eigenvalue weighted by molar-refractivity contribution is 5.83. The molecule has 3 aliphatic rings. The second-order valence-electron chi connectivity index (χ2n) is 7.59. The Morgan fingerprint density at radius 1 is 1.38 bits per heavy atom. The predicted octanol–water partition coefficient (Wildman–Crippen LogP) is 2.46. The Kier molecular flexibility index (Phi) is 4.37. The number of ether oxygens (including phenoxy) is 1. The van der Waals surface area contributed by atoms with Crippen LogP contribution in [0, 0.1) is 5.92 Å². The number of hydrogen-bond donors (Lipinski definition) is 2. The number of benzene rings is 1. The van der Waals surface area contributed by atoms with E-state index >= 15 is 0 Å². The first-order valence-electron chi connectivity index (χ1n) is 9.15. The van der Waals surface area contributed by atoms with Gasteiger partial charge in [-0.05, 0) is 62.1 Å². The monoisotopic (exact) mass is 360 g/mol. The van der Waals surface area contributed by atoms with Crippen molar-refractivity contribution in [2.45, 2.75) is 43.7 Å². The van der Waals surface area contributed by atoms with Crippen LogP contribution in [0.3, 0.4) is 0 Å². The maximum Gasteiger partial charge on any atom is 0.127 e. The fourth-order valence-corrected chi connectivity index (χ4v) is 4.67. The maximum absolute atomic E-state index is 14.0. The molecular formula is C20H25FN2O3. The average molecular weight is 360 g/mol. The molecule has 0 saturated carbocycles. The summed E-state index contributed by atoms with van der Waals surface area (Å²) in [5.74, 6) is 0.583. The van der Waals surface area contributed by atoms with E-state index < -0.39 is 17.9 Å². The Bertz CT molecular complexity index is 815. The van der Waals surface area contributed by atoms with E-state index in [0.717, 1.165) is 29.4 Å². The second kappa shape index (κ2) is 6.44. The third-order valence-electron chi connectivity index (χ3n) is 6.28. The number of halogens is 1. The van der Waals surface area contributed by atoms with Gasteiger partial charge >= 0.3 is 0 Å². The van der Waals surface area contributed by atoms with Crippen LogP contribution < -0.4 is 4.74 Å². The van der Waals surface area contributed by atoms with Gasteiger partial charge < -0.3 is 14.9 Å². The molecule has 2 unspecified atom stereocenters. The largest absolute Gasteiger partial charge is 0.497 e. The van der Waals surface area contributed by atoms with E-state index in [1.165, 1.54) is 6.92 Å². The molecule has 140 valence electrons. The molecular weight excluding hydrogens is 335 g/mol. The number of rotatable bonds is 4. The Labute approximate surface area is 152 Å². The normalized spacial score (nSPS) is 33.2. The number of methoxy groups -OCH3 is 1. The van der Waals surface area contributed by atoms with Gasteiger partial charge in [-0.2, -0.15) is 0 Å². The summed E-state index contributed by atoms with van der Waals surface area (Å²) in [5.41, 5.74) is 0.286. The molecule has 2 N–H and O–H groups in total. The van der Waals surface area contributed by atoms with E-state index in [1.54, 1.807) is 13.3 Å². The highest BCUT2D eigenvalue weighted by Crippen LogP contribution is 2.45. The zero-order chi connectivity index (χ0) is 18.5. The van der Waals surface area contributed by atoms with Gasteiger partial charge in [-0.25, -0.2) is 4.39 Å². The number of aliphatic hydroxyl groups excluding tert-OH is 1. The summed E-state index contributed by atoms with van der Waals surface area (Å²) in [5, 5.41) is 22.7. The van der Waals surface area contributed by atoms with Gasteiger partial charge in [-0.3, -0.25) is 9.88 Å². The lowest BCUT2D eigenvalue weighted by atomic mass is 9.69. The van der Waals surface area contributed by atoms with Crippen LogP contribution in [0.2, 0.25) is 0 Å². The third kappa shape index (κ3) is 2.68. The highest BCUT2D eigenvalue weighted by atomic mass is 19.1. The SMILES string of the molecule is COc1ccc2nccc([C@H](O)[C@@H]3C[C@@H]4CCN3C[C@@]4(O)C(C)F)c2c1. The van der Waals surface area contributed by atoms with Gasteiger partial charge in [0.2, 0.25) is 0 Å². The molecule has 3 aliphatic heterocycles. The molecule has 3 saturated heterocycles. The molecule has 1 aromatic heterocycles. The first kappa shape index (κ1) is 17.6. The molecule has 1 aromatic carbocycles. The van der Waals surface area contributed by atoms with Crippen molar-refractivity contribution in [2.75, 3.05) is 20.2 Å². The lowest BCUT2D eigenvalue weighted by molar-refractivity contribution is -0.178. The molecule has 26 heavy (non-hydrogen) atoms. The molecule has 5 nitrogen and oxygen atoms in total. The number of pyridine rings is 1. The van der Waals surface area contributed by atoms with Gasteiger partial charge in [-0.1, -0.05) is 0 Å². The smallest absolute Gasteiger partial charge is 0.127 e. The van der Waals surface area contributed by atoms with Gasteiger partial charge in [0.05, 0.1) is 18.7 Å². The van der Waals surface area contributed by atoms with Crippen LogP contribution in [-0.2, 0) is 0 Å². The number of piperidine rings is 3. The number of fused-ring (bicyclic) bond motifs is 4. The fraction of sp³-hybridized carbons (Fsp3) is 0.550. The summed E-state index contributed by atoms with van der Waals surface area (Å²) >= 11 is 0. The summed E-state index contributed by atoms with van der Waals surface area (Å²) < 4.78 is 19.3. The molecule has 2 bridgehead atoms. The van der Waals surface area contributed by atoms with Crippen molar-refractivity contribution >= 4 is 10.9 Å². The minimum atomic E-state index is -1.31. The van der Waals surface area contributed by atoms with E-state index in [-0.39, 0.29) is 18.5 Å². The van der Waals surface area contributed by atoms with Crippen LogP contribution in [0.5, 0.6) is 5.75 Å². The van der Waals surface area contributed by atoms with E-state index in [1.807, 2.05) is 29.2 Å². The molecule has 0 amide bonds. The van der Waals surface area contributed by atoms with Gasteiger partial charge in [0, 0.05) is 24.2 Å². The molecule has 3 fully saturated rings. The van der Waals surface area contributed by atoms with E-state index in [9.17, 15) is 14.6 Å². The molecule has 5 rings (SSSR count). The van der Waals surface area contributed by atoms with E-state index in [2.05, 4.69) is 4.98 Å². The Hall–Kier alpha value is -1.76. The van der Waals surface area contributed by atoms with Crippen LogP contribution in [0.15, 0.2) is 30.5 Å². The minimum absolute atomic E-state index is 0.130. The Morgan fingerprint density at radius 2 is 2.19 bits per heavy atom. The van der Waals surface area contributed by atoms with Crippen LogP contribution in [0.25, 0.3) is 10.9 Å². The van der Waals surface area contributed by atoms with E-state index in [0.29, 0.717) is 12.2 Å². The van der Waals surface area contributed by atoms with Crippen molar-refractivity contribution < 1.29 is 19.3 Å². The zero-order valence-electron chi connectivity index (χ0n) is 15.1. The average Bonchev–Trinajstić information content (AvgIpc) is 2.66. The lowest BCUT2D eigenvalue weighted by Gasteiger charge is -2.55. The molecule has 2 aromatic rings. The summed E-state index contributed by atoms with van der Waals surface area (Å²) in [6.45, 7) is 2.47. The summed E-state index contributed by atoms with van der Waals surface area (Å²) in [7, 11) is 1.61. The van der Waals surface area contributed by atoms with Crippen molar-refractivity contribution in [2.24, 2.45) is 5.92 Å². The van der Waals surface area contributed by atoms with E-state index in [4.69, 9.17) is 4.74 Å². The fourth-order valence-electron chi connectivity index (χ4n) is 4.67. The number of nitrogens with zero attached hydrogens (tertiary/aromatic N) is 2. The quantitative estimate of drug-likeness (QED) is 0.877. The number of alkyl halides is 1. The number of aliphatic hydroxyl groups is 2. The molecule has 6 heteroatoms. The van der Waals surface area contributed by atoms with Crippen LogP contribution in [0.4, 0.5) is 4.39 Å². The van der Waals surface area contributed by atoms with Crippen LogP contribution in [-0.4, -0.2) is 58.1 Å². The molecule has 0 spiro atoms. The highest BCUT2D eigenvalue weighted by Gasteiger charge is 2.53.